The number of aliphatic hydroxyl groups is 2. The van der Waals surface area contributed by atoms with E-state index in [0.717, 1.165) is 89.9 Å². The number of allylic oxidation sites excluding steroid dienone is 12. The van der Waals surface area contributed by atoms with E-state index in [9.17, 15) is 19.8 Å². The summed E-state index contributed by atoms with van der Waals surface area (Å²) >= 11 is 0. The largest absolute Gasteiger partial charge is 0.462 e. The molecule has 0 aromatic rings. The van der Waals surface area contributed by atoms with Gasteiger partial charge < -0.3 is 20.3 Å². The molecule has 0 aliphatic rings. The van der Waals surface area contributed by atoms with Crippen LogP contribution in [0, 0.1) is 0 Å². The molecule has 0 radical (unpaired) electrons. The number of hydrogen-bond donors (Lipinski definition) is 3. The predicted octanol–water partition coefficient (Wildman–Crippen LogP) is 16.6. The van der Waals surface area contributed by atoms with E-state index in [1.807, 2.05) is 0 Å². The van der Waals surface area contributed by atoms with Crippen LogP contribution in [-0.4, -0.2) is 46.9 Å². The van der Waals surface area contributed by atoms with Crippen molar-refractivity contribution >= 4 is 11.9 Å². The third-order valence-electron chi connectivity index (χ3n) is 12.0. The smallest absolute Gasteiger partial charge is 0.306 e. The Morgan fingerprint density at radius 2 is 0.859 bits per heavy atom. The zero-order valence-corrected chi connectivity index (χ0v) is 42.1. The lowest BCUT2D eigenvalue weighted by Crippen LogP contribution is -2.46. The molecule has 3 N–H and O–H groups in total. The highest BCUT2D eigenvalue weighted by Gasteiger charge is 2.24. The fourth-order valence-corrected chi connectivity index (χ4v) is 7.93. The first-order valence-corrected chi connectivity index (χ1v) is 27.2. The molecule has 0 saturated heterocycles. The van der Waals surface area contributed by atoms with Crippen LogP contribution in [0.3, 0.4) is 0 Å². The molecule has 6 heteroatoms. The molecular weight excluding hydrogens is 791 g/mol. The number of carbonyl (C=O) groups is 2. The fourth-order valence-electron chi connectivity index (χ4n) is 7.93. The summed E-state index contributed by atoms with van der Waals surface area (Å²) in [6, 6.07) is -0.723. The molecule has 64 heavy (non-hydrogen) atoms. The summed E-state index contributed by atoms with van der Waals surface area (Å²) in [5.41, 5.74) is 0. The highest BCUT2D eigenvalue weighted by atomic mass is 16.5. The van der Waals surface area contributed by atoms with Crippen LogP contribution in [-0.2, 0) is 14.3 Å². The lowest BCUT2D eigenvalue weighted by atomic mass is 10.0. The number of esters is 1. The van der Waals surface area contributed by atoms with Crippen LogP contribution in [0.15, 0.2) is 72.9 Å². The van der Waals surface area contributed by atoms with Crippen molar-refractivity contribution < 1.29 is 24.5 Å². The topological polar surface area (TPSA) is 95.9 Å². The van der Waals surface area contributed by atoms with Crippen LogP contribution in [0.5, 0.6) is 0 Å². The number of carbonyl (C=O) groups excluding carboxylic acids is 2. The van der Waals surface area contributed by atoms with Crippen molar-refractivity contribution in [2.24, 2.45) is 0 Å². The maximum Gasteiger partial charge on any atom is 0.306 e. The zero-order valence-electron chi connectivity index (χ0n) is 42.1. The summed E-state index contributed by atoms with van der Waals surface area (Å²) in [7, 11) is 0. The summed E-state index contributed by atoms with van der Waals surface area (Å²) in [4.78, 5) is 26.2. The third-order valence-corrected chi connectivity index (χ3v) is 12.0. The van der Waals surface area contributed by atoms with Gasteiger partial charge in [0.05, 0.1) is 25.2 Å². The van der Waals surface area contributed by atoms with E-state index >= 15 is 0 Å². The number of rotatable bonds is 48. The second-order valence-corrected chi connectivity index (χ2v) is 18.2. The van der Waals surface area contributed by atoms with Crippen molar-refractivity contribution in [3.63, 3.8) is 0 Å². The number of aliphatic hydroxyl groups excluding tert-OH is 2. The molecule has 0 aliphatic heterocycles. The molecule has 0 rings (SSSR count). The van der Waals surface area contributed by atoms with E-state index in [4.69, 9.17) is 4.74 Å². The summed E-state index contributed by atoms with van der Waals surface area (Å²) in [6.45, 7) is 6.34. The second kappa shape index (κ2) is 51.3. The molecule has 0 aromatic carbocycles. The van der Waals surface area contributed by atoms with Crippen molar-refractivity contribution in [3.05, 3.63) is 72.9 Å². The first-order valence-electron chi connectivity index (χ1n) is 27.2. The molecule has 0 aromatic heterocycles. The second-order valence-electron chi connectivity index (χ2n) is 18.2. The van der Waals surface area contributed by atoms with Gasteiger partial charge in [0.25, 0.3) is 0 Å². The van der Waals surface area contributed by atoms with Gasteiger partial charge in [0.2, 0.25) is 5.91 Å². The lowest BCUT2D eigenvalue weighted by molar-refractivity contribution is -0.151. The van der Waals surface area contributed by atoms with Crippen LogP contribution in [0.1, 0.15) is 258 Å². The van der Waals surface area contributed by atoms with Gasteiger partial charge in [-0.1, -0.05) is 229 Å². The average Bonchev–Trinajstić information content (AvgIpc) is 3.29. The van der Waals surface area contributed by atoms with Gasteiger partial charge in [0.1, 0.15) is 6.10 Å². The molecule has 0 saturated carbocycles. The average molecular weight is 894 g/mol. The predicted molar refractivity (Wildman–Crippen MR) is 278 cm³/mol. The Morgan fingerprint density at radius 3 is 1.34 bits per heavy atom. The Morgan fingerprint density at radius 1 is 0.469 bits per heavy atom. The summed E-state index contributed by atoms with van der Waals surface area (Å²) in [6.07, 6.45) is 65.3. The highest BCUT2D eigenvalue weighted by molar-refractivity contribution is 5.77. The molecule has 0 fully saturated rings. The minimum atomic E-state index is -0.806. The van der Waals surface area contributed by atoms with Gasteiger partial charge in [-0.2, -0.15) is 0 Å². The Hall–Kier alpha value is -2.70. The first kappa shape index (κ1) is 61.3. The standard InChI is InChI=1S/C58H103NO5/c1-4-7-10-13-16-19-22-25-28-29-30-31-34-37-40-43-46-49-54(64-58(63)51-48-45-42-39-36-33-27-24-21-18-15-12-9-6-3)52-57(62)59-55(53-60)56(61)50-47-44-41-38-35-32-26-23-20-17-14-11-8-5-2/h9,12,16,18-19,21,25,28,30-31,37,40,54-56,60-61H,4-8,10-11,13-15,17,20,22-24,26-27,29,32-36,38-39,41-53H2,1-3H3,(H,59,62)/b12-9+,19-16-,21-18+,28-25-,31-30-,40-37-. The Balaban J connectivity index is 4.69. The molecule has 0 heterocycles. The first-order chi connectivity index (χ1) is 31.5. The monoisotopic (exact) mass is 894 g/mol. The van der Waals surface area contributed by atoms with Gasteiger partial charge in [-0.15, -0.1) is 0 Å². The van der Waals surface area contributed by atoms with Gasteiger partial charge in [-0.25, -0.2) is 0 Å². The quantitative estimate of drug-likeness (QED) is 0.0321. The normalized spacial score (nSPS) is 13.8. The molecule has 3 unspecified atom stereocenters. The van der Waals surface area contributed by atoms with Gasteiger partial charge in [-0.3, -0.25) is 9.59 Å². The van der Waals surface area contributed by atoms with E-state index in [2.05, 4.69) is 99.0 Å². The van der Waals surface area contributed by atoms with E-state index in [1.54, 1.807) is 0 Å². The fraction of sp³-hybridized carbons (Fsp3) is 0.759. The number of nitrogens with one attached hydrogen (secondary N) is 1. The Labute approximate surface area is 396 Å². The summed E-state index contributed by atoms with van der Waals surface area (Å²) in [5, 5.41) is 23.8. The van der Waals surface area contributed by atoms with Crippen LogP contribution < -0.4 is 5.32 Å². The molecule has 6 nitrogen and oxygen atoms in total. The van der Waals surface area contributed by atoms with E-state index in [0.29, 0.717) is 19.3 Å². The molecule has 1 amide bonds. The summed E-state index contributed by atoms with van der Waals surface area (Å²) in [5.74, 6) is -0.536. The molecular formula is C58H103NO5. The lowest BCUT2D eigenvalue weighted by Gasteiger charge is -2.24. The van der Waals surface area contributed by atoms with Gasteiger partial charge in [-0.05, 0) is 89.9 Å². The van der Waals surface area contributed by atoms with Gasteiger partial charge in [0, 0.05) is 6.42 Å². The number of amides is 1. The molecule has 3 atom stereocenters. The molecule has 0 aliphatic carbocycles. The zero-order chi connectivity index (χ0) is 46.7. The van der Waals surface area contributed by atoms with Crippen LogP contribution in [0.25, 0.3) is 0 Å². The van der Waals surface area contributed by atoms with Crippen LogP contribution in [0.2, 0.25) is 0 Å². The third kappa shape index (κ3) is 45.9. The van der Waals surface area contributed by atoms with Crippen LogP contribution in [0.4, 0.5) is 0 Å². The van der Waals surface area contributed by atoms with E-state index in [-0.39, 0.29) is 24.9 Å². The molecule has 0 spiro atoms. The molecule has 0 bridgehead atoms. The van der Waals surface area contributed by atoms with Crippen molar-refractivity contribution in [3.8, 4) is 0 Å². The maximum atomic E-state index is 13.2. The molecule has 370 valence electrons. The van der Waals surface area contributed by atoms with Crippen molar-refractivity contribution in [1.29, 1.82) is 0 Å². The van der Waals surface area contributed by atoms with E-state index < -0.39 is 18.2 Å². The maximum absolute atomic E-state index is 13.2. The van der Waals surface area contributed by atoms with Gasteiger partial charge in [0.15, 0.2) is 0 Å². The SMILES string of the molecule is CC/C=C/C/C=C/CCCCCCCCCC(=O)OC(CCC/C=C\C/C=C\C/C=C\C/C=C\CCCCC)CC(=O)NC(CO)C(O)CCCCCCCCCCCCCCCC. The van der Waals surface area contributed by atoms with Crippen molar-refractivity contribution in [2.45, 2.75) is 277 Å². The minimum absolute atomic E-state index is 0.0348. The number of ether oxygens (including phenoxy) is 1. The Kier molecular flexibility index (Phi) is 49.1. The van der Waals surface area contributed by atoms with Crippen molar-refractivity contribution in [2.75, 3.05) is 6.61 Å². The Bertz CT molecular complexity index is 1190. The van der Waals surface area contributed by atoms with E-state index in [1.165, 1.54) is 122 Å². The van der Waals surface area contributed by atoms with Gasteiger partial charge >= 0.3 is 5.97 Å². The van der Waals surface area contributed by atoms with Crippen molar-refractivity contribution in [1.82, 2.24) is 5.32 Å². The minimum Gasteiger partial charge on any atom is -0.462 e. The number of unbranched alkanes of at least 4 members (excludes halogenated alkanes) is 24. The summed E-state index contributed by atoms with van der Waals surface area (Å²) < 4.78 is 5.91. The van der Waals surface area contributed by atoms with Crippen LogP contribution >= 0.6 is 0 Å². The highest BCUT2D eigenvalue weighted by Crippen LogP contribution is 2.17. The number of hydrogen-bond acceptors (Lipinski definition) is 5.